The lowest BCUT2D eigenvalue weighted by molar-refractivity contribution is 1.00. The summed E-state index contributed by atoms with van der Waals surface area (Å²) in [6.07, 6.45) is 12.6. The molecule has 1 aliphatic carbocycles. The summed E-state index contributed by atoms with van der Waals surface area (Å²) in [5.41, 5.74) is 2.50. The third-order valence-electron chi connectivity index (χ3n) is 2.05. The molecule has 0 N–H and O–H groups in total. The number of hydrogen-bond acceptors (Lipinski definition) is 0. The molecule has 1 heteroatoms. The van der Waals surface area contributed by atoms with Crippen LogP contribution in [0.3, 0.4) is 0 Å². The Morgan fingerprint density at radius 2 is 2.23 bits per heavy atom. The van der Waals surface area contributed by atoms with Gasteiger partial charge in [-0.05, 0) is 43.9 Å². The first kappa shape index (κ1) is 10.3. The van der Waals surface area contributed by atoms with Gasteiger partial charge in [-0.1, -0.05) is 35.9 Å². The van der Waals surface area contributed by atoms with Crippen LogP contribution < -0.4 is 0 Å². The number of allylic oxidation sites excluding steroid dienone is 8. The third kappa shape index (κ3) is 2.89. The van der Waals surface area contributed by atoms with Crippen LogP contribution in [-0.2, 0) is 0 Å². The molecule has 0 saturated heterocycles. The Morgan fingerprint density at radius 3 is 2.77 bits per heavy atom. The smallest absolute Gasteiger partial charge is 0.0190 e. The lowest BCUT2D eigenvalue weighted by Crippen LogP contribution is -1.90. The predicted molar refractivity (Wildman–Crippen MR) is 59.8 cm³/mol. The van der Waals surface area contributed by atoms with E-state index in [1.54, 1.807) is 0 Å². The molecule has 0 unspecified atom stereocenters. The first-order valence-corrected chi connectivity index (χ1v) is 5.01. The van der Waals surface area contributed by atoms with Crippen molar-refractivity contribution in [3.05, 3.63) is 46.6 Å². The highest BCUT2D eigenvalue weighted by Crippen LogP contribution is 2.25. The predicted octanol–water partition coefficient (Wildman–Crippen LogP) is 4.35. The zero-order chi connectivity index (χ0) is 9.68. The second-order valence-corrected chi connectivity index (χ2v) is 3.52. The molecule has 70 valence electrons. The fourth-order valence-electron chi connectivity index (χ4n) is 1.41. The molecule has 0 saturated carbocycles. The summed E-state index contributed by atoms with van der Waals surface area (Å²) >= 11 is 5.98. The molecule has 0 aliphatic heterocycles. The Labute approximate surface area is 85.3 Å². The summed E-state index contributed by atoms with van der Waals surface area (Å²) in [7, 11) is 0. The Hall–Kier alpha value is -0.750. The van der Waals surface area contributed by atoms with E-state index in [0.717, 1.165) is 17.9 Å². The molecule has 0 aromatic rings. The molecule has 0 nitrogen and oxygen atoms in total. The van der Waals surface area contributed by atoms with Crippen molar-refractivity contribution in [2.75, 3.05) is 0 Å². The van der Waals surface area contributed by atoms with Gasteiger partial charge >= 0.3 is 0 Å². The Balaban J connectivity index is 2.88. The first-order valence-electron chi connectivity index (χ1n) is 4.63. The fourth-order valence-corrected chi connectivity index (χ4v) is 1.63. The minimum absolute atomic E-state index is 0.960. The third-order valence-corrected chi connectivity index (χ3v) is 2.35. The fraction of sp³-hybridized carbons (Fsp3) is 0.333. The summed E-state index contributed by atoms with van der Waals surface area (Å²) in [5.74, 6) is 0. The molecule has 0 fully saturated rings. The largest absolute Gasteiger partial charge is 0.0891 e. The molecule has 0 amide bonds. The number of hydrogen-bond donors (Lipinski definition) is 0. The minimum atomic E-state index is 0.960. The van der Waals surface area contributed by atoms with E-state index >= 15 is 0 Å². The zero-order valence-corrected chi connectivity index (χ0v) is 8.93. The molecule has 1 rings (SSSR count). The van der Waals surface area contributed by atoms with Crippen LogP contribution in [0.15, 0.2) is 46.6 Å². The zero-order valence-electron chi connectivity index (χ0n) is 8.18. The molecule has 0 bridgehead atoms. The van der Waals surface area contributed by atoms with Crippen LogP contribution in [0.1, 0.15) is 26.7 Å². The van der Waals surface area contributed by atoms with Gasteiger partial charge in [-0.3, -0.25) is 0 Å². The van der Waals surface area contributed by atoms with Crippen molar-refractivity contribution in [2.24, 2.45) is 0 Å². The molecule has 13 heavy (non-hydrogen) atoms. The van der Waals surface area contributed by atoms with E-state index in [-0.39, 0.29) is 0 Å². The highest BCUT2D eigenvalue weighted by atomic mass is 35.5. The summed E-state index contributed by atoms with van der Waals surface area (Å²) in [6.45, 7) is 4.07. The molecular weight excluding hydrogens is 180 g/mol. The van der Waals surface area contributed by atoms with Gasteiger partial charge in [-0.15, -0.1) is 0 Å². The Bertz CT molecular complexity index is 290. The average Bonchev–Trinajstić information content (AvgIpc) is 2.14. The molecule has 0 radical (unpaired) electrons. The maximum Gasteiger partial charge on any atom is 0.0190 e. The maximum atomic E-state index is 5.98. The van der Waals surface area contributed by atoms with E-state index in [9.17, 15) is 0 Å². The van der Waals surface area contributed by atoms with Gasteiger partial charge < -0.3 is 0 Å². The summed E-state index contributed by atoms with van der Waals surface area (Å²) < 4.78 is 0. The van der Waals surface area contributed by atoms with E-state index in [4.69, 9.17) is 11.6 Å². The molecular formula is C12H15Cl. The lowest BCUT2D eigenvalue weighted by Gasteiger charge is -2.09. The van der Waals surface area contributed by atoms with E-state index in [0.29, 0.717) is 0 Å². The molecule has 0 aromatic heterocycles. The summed E-state index contributed by atoms with van der Waals surface area (Å²) in [6, 6.07) is 0. The molecule has 0 aromatic carbocycles. The van der Waals surface area contributed by atoms with Gasteiger partial charge in [0.25, 0.3) is 0 Å². The van der Waals surface area contributed by atoms with Crippen LogP contribution in [0.25, 0.3) is 0 Å². The quantitative estimate of drug-likeness (QED) is 0.574. The second-order valence-electron chi connectivity index (χ2n) is 3.03. The van der Waals surface area contributed by atoms with E-state index in [2.05, 4.69) is 24.3 Å². The molecule has 0 heterocycles. The highest BCUT2D eigenvalue weighted by Gasteiger charge is 2.04. The van der Waals surface area contributed by atoms with Crippen LogP contribution in [0.2, 0.25) is 0 Å². The summed E-state index contributed by atoms with van der Waals surface area (Å²) in [5, 5.41) is 0.960. The van der Waals surface area contributed by atoms with Crippen LogP contribution in [-0.4, -0.2) is 0 Å². The highest BCUT2D eigenvalue weighted by molar-refractivity contribution is 6.29. The van der Waals surface area contributed by atoms with Crippen molar-refractivity contribution in [2.45, 2.75) is 26.7 Å². The van der Waals surface area contributed by atoms with Gasteiger partial charge in [-0.2, -0.15) is 0 Å². The van der Waals surface area contributed by atoms with Crippen LogP contribution in [0, 0.1) is 0 Å². The van der Waals surface area contributed by atoms with E-state index < -0.39 is 0 Å². The lowest BCUT2D eigenvalue weighted by atomic mass is 9.99. The van der Waals surface area contributed by atoms with Gasteiger partial charge in [0, 0.05) is 5.03 Å². The normalized spacial score (nSPS) is 18.8. The Morgan fingerprint density at radius 1 is 1.46 bits per heavy atom. The standard InChI is InChI=1S/C12H15Cl/c1-3-6-10(4-2)11-7-5-8-12(13)9-11/h3-4,6-7,9H,5,8H2,1-2H3. The van der Waals surface area contributed by atoms with E-state index in [1.807, 2.05) is 19.9 Å². The van der Waals surface area contributed by atoms with Crippen molar-refractivity contribution in [1.82, 2.24) is 0 Å². The topological polar surface area (TPSA) is 0 Å². The minimum Gasteiger partial charge on any atom is -0.0891 e. The number of halogens is 1. The van der Waals surface area contributed by atoms with Crippen molar-refractivity contribution in [3.8, 4) is 0 Å². The average molecular weight is 195 g/mol. The maximum absolute atomic E-state index is 5.98. The Kier molecular flexibility index (Phi) is 4.04. The van der Waals surface area contributed by atoms with Crippen LogP contribution >= 0.6 is 11.6 Å². The van der Waals surface area contributed by atoms with Gasteiger partial charge in [0.05, 0.1) is 0 Å². The first-order chi connectivity index (χ1) is 6.27. The van der Waals surface area contributed by atoms with Gasteiger partial charge in [0.2, 0.25) is 0 Å². The second kappa shape index (κ2) is 5.08. The summed E-state index contributed by atoms with van der Waals surface area (Å²) in [4.78, 5) is 0. The van der Waals surface area contributed by atoms with Gasteiger partial charge in [0.15, 0.2) is 0 Å². The SMILES string of the molecule is CC=CC(=CC)C1=CCCC(Cl)=C1. The van der Waals surface area contributed by atoms with Crippen molar-refractivity contribution >= 4 is 11.6 Å². The molecule has 0 spiro atoms. The molecule has 0 atom stereocenters. The van der Waals surface area contributed by atoms with Crippen LogP contribution in [0.4, 0.5) is 0 Å². The van der Waals surface area contributed by atoms with Crippen molar-refractivity contribution in [3.63, 3.8) is 0 Å². The van der Waals surface area contributed by atoms with Crippen molar-refractivity contribution < 1.29 is 0 Å². The van der Waals surface area contributed by atoms with Gasteiger partial charge in [-0.25, -0.2) is 0 Å². The van der Waals surface area contributed by atoms with Crippen molar-refractivity contribution in [1.29, 1.82) is 0 Å². The van der Waals surface area contributed by atoms with E-state index in [1.165, 1.54) is 11.1 Å². The van der Waals surface area contributed by atoms with Gasteiger partial charge in [0.1, 0.15) is 0 Å². The monoisotopic (exact) mass is 194 g/mol. The number of rotatable bonds is 2. The molecule has 1 aliphatic rings. The van der Waals surface area contributed by atoms with Crippen LogP contribution in [0.5, 0.6) is 0 Å².